The number of hydrogen-bond acceptors (Lipinski definition) is 10. The van der Waals surface area contributed by atoms with Gasteiger partial charge < -0.3 is 23.8 Å². The normalized spacial score (nSPS) is 16.3. The number of benzene rings is 2. The lowest BCUT2D eigenvalue weighted by Crippen LogP contribution is -2.36. The largest absolute Gasteiger partial charge is 0.573 e. The number of ether oxygens (including phenoxy) is 2. The number of hydrogen-bond donors (Lipinski definition) is 1. The molecule has 3 heterocycles. The second kappa shape index (κ2) is 12.6. The zero-order chi connectivity index (χ0) is 31.8. The number of para-hydroxylation sites is 1. The first-order chi connectivity index (χ1) is 21.5. The lowest BCUT2D eigenvalue weighted by Gasteiger charge is -2.31. The Hall–Kier alpha value is -3.73. The van der Waals surface area contributed by atoms with Crippen molar-refractivity contribution in [2.45, 2.75) is 50.7 Å². The summed E-state index contributed by atoms with van der Waals surface area (Å²) in [5.74, 6) is -0.114. The molecule has 0 bridgehead atoms. The molecule has 1 saturated heterocycles. The monoisotopic (exact) mass is 666 g/mol. The maximum Gasteiger partial charge on any atom is 0.573 e. The molecule has 2 aromatic heterocycles. The Bertz CT molecular complexity index is 1780. The highest BCUT2D eigenvalue weighted by Gasteiger charge is 2.36. The van der Waals surface area contributed by atoms with E-state index >= 15 is 0 Å². The zero-order valence-corrected chi connectivity index (χ0v) is 25.4. The van der Waals surface area contributed by atoms with E-state index in [1.807, 2.05) is 0 Å². The fourth-order valence-corrected chi connectivity index (χ4v) is 6.78. The molecule has 0 unspecified atom stereocenters. The van der Waals surface area contributed by atoms with Crippen molar-refractivity contribution in [2.24, 2.45) is 0 Å². The smallest absolute Gasteiger partial charge is 0.405 e. The van der Waals surface area contributed by atoms with E-state index in [4.69, 9.17) is 18.8 Å². The van der Waals surface area contributed by atoms with Gasteiger partial charge in [-0.1, -0.05) is 28.6 Å². The third-order valence-electron chi connectivity index (χ3n) is 7.72. The lowest BCUT2D eigenvalue weighted by atomic mass is 10.0. The van der Waals surface area contributed by atoms with Crippen LogP contribution in [-0.4, -0.2) is 67.4 Å². The Morgan fingerprint density at radius 3 is 2.58 bits per heavy atom. The van der Waals surface area contributed by atoms with Gasteiger partial charge in [0.2, 0.25) is 6.41 Å². The number of amides is 1. The first-order valence-corrected chi connectivity index (χ1v) is 16.7. The van der Waals surface area contributed by atoms with E-state index in [1.165, 1.54) is 34.4 Å². The molecule has 0 spiro atoms. The van der Waals surface area contributed by atoms with Crippen molar-refractivity contribution in [1.82, 2.24) is 10.1 Å². The second-order valence-corrected chi connectivity index (χ2v) is 13.5. The number of rotatable bonds is 12. The average Bonchev–Trinajstić information content (AvgIpc) is 3.61. The number of anilines is 2. The predicted octanol–water partition coefficient (Wildman–Crippen LogP) is 5.76. The molecule has 11 nitrogen and oxygen atoms in total. The Morgan fingerprint density at radius 2 is 1.89 bits per heavy atom. The van der Waals surface area contributed by atoms with Gasteiger partial charge in [-0.05, 0) is 56.0 Å². The molecule has 0 radical (unpaired) electrons. The number of halogens is 3. The van der Waals surface area contributed by atoms with Crippen LogP contribution >= 0.6 is 11.3 Å². The highest BCUT2D eigenvalue weighted by molar-refractivity contribution is 7.85. The Morgan fingerprint density at radius 1 is 1.13 bits per heavy atom. The van der Waals surface area contributed by atoms with Gasteiger partial charge >= 0.3 is 6.36 Å². The van der Waals surface area contributed by atoms with Crippen LogP contribution in [-0.2, 0) is 26.3 Å². The van der Waals surface area contributed by atoms with Gasteiger partial charge in [0.15, 0.2) is 5.13 Å². The van der Waals surface area contributed by atoms with Gasteiger partial charge in [-0.15, -0.1) is 13.2 Å². The van der Waals surface area contributed by atoms with Crippen LogP contribution in [0.5, 0.6) is 5.75 Å². The number of alkyl halides is 3. The molecule has 2 fully saturated rings. The van der Waals surface area contributed by atoms with Crippen LogP contribution in [0.3, 0.4) is 0 Å². The van der Waals surface area contributed by atoms with Crippen molar-refractivity contribution < 1.29 is 44.9 Å². The summed E-state index contributed by atoms with van der Waals surface area (Å²) in [4.78, 5) is 19.6. The van der Waals surface area contributed by atoms with Crippen LogP contribution < -0.4 is 14.5 Å². The zero-order valence-electron chi connectivity index (χ0n) is 23.8. The maximum atomic E-state index is 13.1. The quantitative estimate of drug-likeness (QED) is 0.147. The predicted molar refractivity (Wildman–Crippen MR) is 160 cm³/mol. The summed E-state index contributed by atoms with van der Waals surface area (Å²) in [6, 6.07) is 11.1. The van der Waals surface area contributed by atoms with Gasteiger partial charge in [-0.2, -0.15) is 8.42 Å². The van der Waals surface area contributed by atoms with Crippen molar-refractivity contribution in [2.75, 3.05) is 35.2 Å². The minimum atomic E-state index is -4.85. The van der Waals surface area contributed by atoms with Gasteiger partial charge in [0.1, 0.15) is 17.2 Å². The summed E-state index contributed by atoms with van der Waals surface area (Å²) in [5.41, 5.74) is 2.35. The summed E-state index contributed by atoms with van der Waals surface area (Å²) in [5, 5.41) is 4.94. The van der Waals surface area contributed by atoms with Crippen LogP contribution in [0.2, 0.25) is 0 Å². The Balaban J connectivity index is 1.11. The van der Waals surface area contributed by atoms with Gasteiger partial charge in [0.25, 0.3) is 10.1 Å². The number of fused-ring (bicyclic) bond motifs is 1. The molecule has 4 aromatic rings. The van der Waals surface area contributed by atoms with Crippen LogP contribution in [0.15, 0.2) is 47.0 Å². The van der Waals surface area contributed by atoms with Gasteiger partial charge in [-0.3, -0.25) is 9.35 Å². The SMILES string of the molecule is O=CN(CCS(=O)(=O)O)c1ccc2nc(N3CCC(OCc4c(-c5ccccc5OC(F)(F)F)noc4C4CC4)CC3)sc2c1. The fraction of sp³-hybridized carbons (Fsp3) is 0.414. The number of carbonyl (C=O) groups is 1. The van der Waals surface area contributed by atoms with E-state index in [2.05, 4.69) is 14.8 Å². The molecular weight excluding hydrogens is 637 g/mol. The fourth-order valence-electron chi connectivity index (χ4n) is 5.30. The maximum absolute atomic E-state index is 13.1. The summed E-state index contributed by atoms with van der Waals surface area (Å²) < 4.78 is 87.5. The minimum Gasteiger partial charge on any atom is -0.405 e. The number of aromatic nitrogens is 2. The molecule has 1 aliphatic heterocycles. The molecule has 2 aliphatic rings. The van der Waals surface area contributed by atoms with Crippen molar-refractivity contribution in [3.63, 3.8) is 0 Å². The summed E-state index contributed by atoms with van der Waals surface area (Å²) in [6.45, 7) is 1.30. The summed E-state index contributed by atoms with van der Waals surface area (Å²) in [6.07, 6.45) is -1.19. The van der Waals surface area contributed by atoms with Crippen LogP contribution in [0.4, 0.5) is 24.0 Å². The third kappa shape index (κ3) is 7.57. The number of nitrogens with zero attached hydrogens (tertiary/aromatic N) is 4. The van der Waals surface area contributed by atoms with E-state index in [-0.39, 0.29) is 42.2 Å². The van der Waals surface area contributed by atoms with Crippen LogP contribution in [0.1, 0.15) is 42.9 Å². The highest BCUT2D eigenvalue weighted by atomic mass is 32.2. The molecule has 6 rings (SSSR count). The second-order valence-electron chi connectivity index (χ2n) is 10.9. The molecule has 1 aliphatic carbocycles. The number of piperidine rings is 1. The molecule has 1 N–H and O–H groups in total. The van der Waals surface area contributed by atoms with E-state index in [9.17, 15) is 26.4 Å². The third-order valence-corrected chi connectivity index (χ3v) is 9.50. The molecule has 1 amide bonds. The average molecular weight is 667 g/mol. The van der Waals surface area contributed by atoms with E-state index in [1.54, 1.807) is 24.3 Å². The van der Waals surface area contributed by atoms with Crippen molar-refractivity contribution in [3.8, 4) is 17.0 Å². The van der Waals surface area contributed by atoms with Gasteiger partial charge in [0, 0.05) is 42.4 Å². The van der Waals surface area contributed by atoms with Crippen LogP contribution in [0.25, 0.3) is 21.5 Å². The van der Waals surface area contributed by atoms with Gasteiger partial charge in [0.05, 0.1) is 28.7 Å². The molecular formula is C29H29F3N4O7S2. The standard InChI is InChI=1S/C29H29F3N4O7S2/c30-29(31,32)42-24-4-2-1-3-21(24)26-22(27(43-34-26)18-5-6-18)16-41-20-9-11-35(12-10-20)28-33-23-8-7-19(15-25(23)44-28)36(17-37)13-14-45(38,39)40/h1-4,7-8,15,17-18,20H,5-6,9-14,16H2,(H,38,39,40). The lowest BCUT2D eigenvalue weighted by molar-refractivity contribution is -0.274. The number of carbonyl (C=O) groups excluding carboxylic acids is 1. The van der Waals surface area contributed by atoms with Crippen molar-refractivity contribution in [3.05, 3.63) is 53.8 Å². The first-order valence-electron chi connectivity index (χ1n) is 14.3. The van der Waals surface area contributed by atoms with Crippen molar-refractivity contribution >= 4 is 48.9 Å². The first kappa shape index (κ1) is 31.3. The molecule has 0 atom stereocenters. The molecule has 2 aromatic carbocycles. The molecule has 45 heavy (non-hydrogen) atoms. The molecule has 1 saturated carbocycles. The molecule has 16 heteroatoms. The minimum absolute atomic E-state index is 0.0948. The number of thiazole rings is 1. The summed E-state index contributed by atoms with van der Waals surface area (Å²) in [7, 11) is -4.22. The van der Waals surface area contributed by atoms with Crippen molar-refractivity contribution in [1.29, 1.82) is 0 Å². The molecule has 240 valence electrons. The van der Waals surface area contributed by atoms with E-state index in [0.29, 0.717) is 49.4 Å². The topological polar surface area (TPSA) is 135 Å². The Kier molecular flexibility index (Phi) is 8.74. The van der Waals surface area contributed by atoms with E-state index in [0.717, 1.165) is 28.2 Å². The van der Waals surface area contributed by atoms with Crippen LogP contribution in [0, 0.1) is 0 Å². The van der Waals surface area contributed by atoms with E-state index < -0.39 is 22.2 Å². The highest BCUT2D eigenvalue weighted by Crippen LogP contribution is 2.46. The Labute approximate surface area is 260 Å². The van der Waals surface area contributed by atoms with Gasteiger partial charge in [-0.25, -0.2) is 4.98 Å². The summed E-state index contributed by atoms with van der Waals surface area (Å²) >= 11 is 1.45.